The molecule has 176 valence electrons. The number of nitrogens with zero attached hydrogens (tertiary/aromatic N) is 2. The van der Waals surface area contributed by atoms with Gasteiger partial charge in [-0.05, 0) is 39.7 Å². The van der Waals surface area contributed by atoms with E-state index in [-0.39, 0.29) is 11.9 Å². The largest absolute Gasteiger partial charge is 0.346 e. The number of thiocarbonyl (C=S) groups is 1. The number of amides is 1. The van der Waals surface area contributed by atoms with Crippen LogP contribution in [-0.2, 0) is 11.2 Å². The van der Waals surface area contributed by atoms with Crippen molar-refractivity contribution in [2.24, 2.45) is 0 Å². The van der Waals surface area contributed by atoms with Crippen LogP contribution >= 0.6 is 12.2 Å². The highest BCUT2D eigenvalue weighted by Gasteiger charge is 2.27. The summed E-state index contributed by atoms with van der Waals surface area (Å²) in [6.07, 6.45) is 0.311. The molecule has 0 bridgehead atoms. The number of hydrogen-bond donors (Lipinski definition) is 1. The molecule has 4 nitrogen and oxygen atoms in total. The highest BCUT2D eigenvalue weighted by Crippen LogP contribution is 2.29. The Labute approximate surface area is 212 Å². The molecule has 0 aromatic heterocycles. The average Bonchev–Trinajstić information content (AvgIpc) is 2.91. The lowest BCUT2D eigenvalue weighted by Gasteiger charge is -2.40. The molecule has 0 saturated carbocycles. The summed E-state index contributed by atoms with van der Waals surface area (Å²) in [7, 11) is 0. The van der Waals surface area contributed by atoms with Crippen LogP contribution in [0.25, 0.3) is 10.8 Å². The zero-order valence-electron chi connectivity index (χ0n) is 19.6. The van der Waals surface area contributed by atoms with Crippen molar-refractivity contribution in [3.05, 3.63) is 120 Å². The summed E-state index contributed by atoms with van der Waals surface area (Å²) in [6, 6.07) is 35.7. The van der Waals surface area contributed by atoms with E-state index in [4.69, 9.17) is 12.2 Å². The molecule has 1 heterocycles. The van der Waals surface area contributed by atoms with Crippen LogP contribution in [0.5, 0.6) is 0 Å². The van der Waals surface area contributed by atoms with E-state index >= 15 is 0 Å². The van der Waals surface area contributed by atoms with Gasteiger partial charge in [0.2, 0.25) is 5.91 Å². The quantitative estimate of drug-likeness (QED) is 0.400. The highest BCUT2D eigenvalue weighted by atomic mass is 32.1. The van der Waals surface area contributed by atoms with Gasteiger partial charge < -0.3 is 10.2 Å². The third-order valence-electron chi connectivity index (χ3n) is 6.67. The normalized spacial score (nSPS) is 14.3. The van der Waals surface area contributed by atoms with Crippen LogP contribution in [0.15, 0.2) is 103 Å². The van der Waals surface area contributed by atoms with Gasteiger partial charge >= 0.3 is 0 Å². The second-order valence-corrected chi connectivity index (χ2v) is 9.30. The minimum Gasteiger partial charge on any atom is -0.346 e. The molecule has 5 rings (SSSR count). The Morgan fingerprint density at radius 3 is 1.97 bits per heavy atom. The molecule has 0 aliphatic carbocycles. The Hall–Kier alpha value is -3.54. The fourth-order valence-electron chi connectivity index (χ4n) is 4.93. The van der Waals surface area contributed by atoms with E-state index in [0.29, 0.717) is 11.5 Å². The number of piperazine rings is 1. The standard InChI is InChI=1S/C30H29N3OS/c34-28(22-26-16-9-15-23-10-7-8-17-27(23)26)31-30(35)33-20-18-32(19-21-33)29(24-11-3-1-4-12-24)25-13-5-2-6-14-25/h1-17,29H,18-22H2,(H,31,34,35). The highest BCUT2D eigenvalue weighted by molar-refractivity contribution is 7.80. The summed E-state index contributed by atoms with van der Waals surface area (Å²) in [5.74, 6) is -0.0692. The van der Waals surface area contributed by atoms with Crippen LogP contribution < -0.4 is 5.32 Å². The molecular formula is C30H29N3OS. The summed E-state index contributed by atoms with van der Waals surface area (Å²) < 4.78 is 0. The van der Waals surface area contributed by atoms with Crippen molar-refractivity contribution in [1.29, 1.82) is 0 Å². The van der Waals surface area contributed by atoms with Crippen molar-refractivity contribution in [3.63, 3.8) is 0 Å². The van der Waals surface area contributed by atoms with Crippen LogP contribution in [0.2, 0.25) is 0 Å². The number of carbonyl (C=O) groups is 1. The first-order valence-electron chi connectivity index (χ1n) is 12.1. The second kappa shape index (κ2) is 10.8. The van der Waals surface area contributed by atoms with E-state index in [0.717, 1.165) is 42.5 Å². The van der Waals surface area contributed by atoms with Gasteiger partial charge in [-0.25, -0.2) is 0 Å². The van der Waals surface area contributed by atoms with Gasteiger partial charge in [0.25, 0.3) is 0 Å². The molecule has 1 fully saturated rings. The van der Waals surface area contributed by atoms with Gasteiger partial charge in [-0.1, -0.05) is 103 Å². The SMILES string of the molecule is O=C(Cc1cccc2ccccc12)NC(=S)N1CCN(C(c2ccccc2)c2ccccc2)CC1. The first-order valence-corrected chi connectivity index (χ1v) is 12.5. The monoisotopic (exact) mass is 479 g/mol. The molecule has 4 aromatic carbocycles. The minimum absolute atomic E-state index is 0.0692. The summed E-state index contributed by atoms with van der Waals surface area (Å²) in [4.78, 5) is 17.4. The zero-order valence-corrected chi connectivity index (χ0v) is 20.5. The van der Waals surface area contributed by atoms with Gasteiger partial charge in [0.15, 0.2) is 5.11 Å². The number of fused-ring (bicyclic) bond motifs is 1. The van der Waals surface area contributed by atoms with Crippen molar-refractivity contribution in [2.75, 3.05) is 26.2 Å². The number of nitrogens with one attached hydrogen (secondary N) is 1. The van der Waals surface area contributed by atoms with Gasteiger partial charge in [-0.15, -0.1) is 0 Å². The number of carbonyl (C=O) groups excluding carboxylic acids is 1. The van der Waals surface area contributed by atoms with E-state index in [1.54, 1.807) is 0 Å². The van der Waals surface area contributed by atoms with Crippen molar-refractivity contribution in [3.8, 4) is 0 Å². The van der Waals surface area contributed by atoms with E-state index in [1.165, 1.54) is 11.1 Å². The molecular weight excluding hydrogens is 450 g/mol. The molecule has 4 aromatic rings. The molecule has 1 aliphatic heterocycles. The van der Waals surface area contributed by atoms with E-state index < -0.39 is 0 Å². The van der Waals surface area contributed by atoms with Crippen LogP contribution in [0.4, 0.5) is 0 Å². The maximum absolute atomic E-state index is 12.8. The average molecular weight is 480 g/mol. The van der Waals surface area contributed by atoms with Crippen LogP contribution in [0.3, 0.4) is 0 Å². The second-order valence-electron chi connectivity index (χ2n) is 8.92. The molecule has 0 unspecified atom stereocenters. The van der Waals surface area contributed by atoms with E-state index in [9.17, 15) is 4.79 Å². The molecule has 1 N–H and O–H groups in total. The van der Waals surface area contributed by atoms with Gasteiger partial charge in [0.05, 0.1) is 12.5 Å². The van der Waals surface area contributed by atoms with Gasteiger partial charge in [0, 0.05) is 26.2 Å². The Kier molecular flexibility index (Phi) is 7.17. The molecule has 0 spiro atoms. The van der Waals surface area contributed by atoms with E-state index in [1.807, 2.05) is 24.3 Å². The maximum atomic E-state index is 12.8. The third-order valence-corrected chi connectivity index (χ3v) is 7.03. The van der Waals surface area contributed by atoms with Crippen LogP contribution in [0, 0.1) is 0 Å². The minimum atomic E-state index is -0.0692. The molecule has 1 aliphatic rings. The van der Waals surface area contributed by atoms with E-state index in [2.05, 4.69) is 94.0 Å². The third kappa shape index (κ3) is 5.42. The van der Waals surface area contributed by atoms with Crippen molar-refractivity contribution in [1.82, 2.24) is 15.1 Å². The Morgan fingerprint density at radius 1 is 0.743 bits per heavy atom. The van der Waals surface area contributed by atoms with Crippen molar-refractivity contribution >= 4 is 34.0 Å². The smallest absolute Gasteiger partial charge is 0.230 e. The fraction of sp³-hybridized carbons (Fsp3) is 0.200. The predicted octanol–water partition coefficient (Wildman–Crippen LogP) is 5.19. The lowest BCUT2D eigenvalue weighted by atomic mass is 9.96. The van der Waals surface area contributed by atoms with Crippen LogP contribution in [0.1, 0.15) is 22.7 Å². The van der Waals surface area contributed by atoms with Crippen molar-refractivity contribution in [2.45, 2.75) is 12.5 Å². The fourth-order valence-corrected chi connectivity index (χ4v) is 5.23. The van der Waals surface area contributed by atoms with Gasteiger partial charge in [0.1, 0.15) is 0 Å². The van der Waals surface area contributed by atoms with Gasteiger partial charge in [-0.2, -0.15) is 0 Å². The summed E-state index contributed by atoms with van der Waals surface area (Å²) in [6.45, 7) is 3.30. The molecule has 0 atom stereocenters. The lowest BCUT2D eigenvalue weighted by Crippen LogP contribution is -2.53. The Morgan fingerprint density at radius 2 is 1.31 bits per heavy atom. The number of benzene rings is 4. The summed E-state index contributed by atoms with van der Waals surface area (Å²) in [5, 5.41) is 5.74. The van der Waals surface area contributed by atoms with Crippen molar-refractivity contribution < 1.29 is 4.79 Å². The first kappa shape index (κ1) is 23.2. The molecule has 0 radical (unpaired) electrons. The molecule has 1 saturated heterocycles. The lowest BCUT2D eigenvalue weighted by molar-refractivity contribution is -0.119. The summed E-state index contributed by atoms with van der Waals surface area (Å²) in [5.41, 5.74) is 3.60. The molecule has 5 heteroatoms. The van der Waals surface area contributed by atoms with Gasteiger partial charge in [-0.3, -0.25) is 9.69 Å². The number of rotatable bonds is 5. The molecule has 1 amide bonds. The Balaban J connectivity index is 1.21. The Bertz CT molecular complexity index is 1260. The predicted molar refractivity (Wildman–Crippen MR) is 146 cm³/mol. The number of hydrogen-bond acceptors (Lipinski definition) is 3. The van der Waals surface area contributed by atoms with Crippen LogP contribution in [-0.4, -0.2) is 47.0 Å². The first-order chi connectivity index (χ1) is 17.2. The zero-order chi connectivity index (χ0) is 24.0. The maximum Gasteiger partial charge on any atom is 0.230 e. The topological polar surface area (TPSA) is 35.6 Å². The summed E-state index contributed by atoms with van der Waals surface area (Å²) >= 11 is 5.63. The molecule has 35 heavy (non-hydrogen) atoms.